The molecule has 0 fully saturated rings. The lowest BCUT2D eigenvalue weighted by Gasteiger charge is -2.11. The summed E-state index contributed by atoms with van der Waals surface area (Å²) in [7, 11) is 6.57. The van der Waals surface area contributed by atoms with E-state index in [0.717, 1.165) is 0 Å². The van der Waals surface area contributed by atoms with Gasteiger partial charge in [-0.3, -0.25) is 9.59 Å². The van der Waals surface area contributed by atoms with Crippen LogP contribution in [0.15, 0.2) is 54.6 Å². The summed E-state index contributed by atoms with van der Waals surface area (Å²) in [6.07, 6.45) is 0. The van der Waals surface area contributed by atoms with Crippen molar-refractivity contribution in [3.63, 3.8) is 0 Å². The molecule has 0 aromatic heterocycles. The first-order valence-electron chi connectivity index (χ1n) is 11.3. The monoisotopic (exact) mass is 628 g/mol. The number of carboxylic acid groups (broad SMARTS) is 2. The molecule has 0 saturated heterocycles. The zero-order valence-corrected chi connectivity index (χ0v) is 24.5. The minimum atomic E-state index is -1.09. The number of rotatable bonds is 6. The lowest BCUT2D eigenvalue weighted by Crippen LogP contribution is -2.21. The number of ether oxygens (including phenoxy) is 1. The number of aromatic hydroxyl groups is 2. The largest absolute Gasteiger partial charge is 0.506 e. The van der Waals surface area contributed by atoms with Crippen molar-refractivity contribution in [3.05, 3.63) is 86.4 Å². The van der Waals surface area contributed by atoms with E-state index in [9.17, 15) is 19.2 Å². The van der Waals surface area contributed by atoms with Crippen molar-refractivity contribution < 1.29 is 44.3 Å². The third-order valence-corrected chi connectivity index (χ3v) is 5.63. The third kappa shape index (κ3) is 11.4. The number of carbonyl (C=O) groups is 4. The number of carbonyl (C=O) groups excluding carboxylic acids is 2. The van der Waals surface area contributed by atoms with Crippen LogP contribution in [-0.2, 0) is 4.79 Å². The van der Waals surface area contributed by atoms with Crippen LogP contribution in [0.2, 0.25) is 15.1 Å². The van der Waals surface area contributed by atoms with Gasteiger partial charge in [-0.1, -0.05) is 34.8 Å². The number of benzene rings is 3. The maximum atomic E-state index is 11.6. The second-order valence-electron chi connectivity index (χ2n) is 8.36. The molecule has 0 unspecified atom stereocenters. The molecule has 0 aliphatic rings. The molecule has 0 saturated carbocycles. The summed E-state index contributed by atoms with van der Waals surface area (Å²) in [6, 6.07) is 12.5. The van der Waals surface area contributed by atoms with E-state index in [1.54, 1.807) is 28.2 Å². The van der Waals surface area contributed by atoms with Crippen LogP contribution in [0.4, 0.5) is 0 Å². The summed E-state index contributed by atoms with van der Waals surface area (Å²) < 4.78 is 4.94. The topological polar surface area (TPSA) is 165 Å². The van der Waals surface area contributed by atoms with Gasteiger partial charge >= 0.3 is 11.9 Å². The van der Waals surface area contributed by atoms with Gasteiger partial charge in [-0.05, 0) is 54.6 Å². The van der Waals surface area contributed by atoms with Gasteiger partial charge in [0.2, 0.25) is 0 Å². The van der Waals surface area contributed by atoms with Gasteiger partial charge in [0.25, 0.3) is 11.8 Å². The summed E-state index contributed by atoms with van der Waals surface area (Å²) in [4.78, 5) is 46.5. The fourth-order valence-corrected chi connectivity index (χ4v) is 3.28. The molecule has 4 N–H and O–H groups in total. The maximum Gasteiger partial charge on any atom is 0.341 e. The van der Waals surface area contributed by atoms with Crippen molar-refractivity contribution in [1.82, 2.24) is 9.80 Å². The molecule has 3 aromatic carbocycles. The van der Waals surface area contributed by atoms with Crippen molar-refractivity contribution in [2.75, 3.05) is 34.8 Å². The molecule has 14 heteroatoms. The zero-order valence-electron chi connectivity index (χ0n) is 22.3. The summed E-state index contributed by atoms with van der Waals surface area (Å²) >= 11 is 17.0. The Hall–Kier alpha value is -4.19. The Bertz CT molecular complexity index is 1410. The van der Waals surface area contributed by atoms with Crippen molar-refractivity contribution >= 4 is 58.6 Å². The Morgan fingerprint density at radius 2 is 1.05 bits per heavy atom. The minimum Gasteiger partial charge on any atom is -0.506 e. The Balaban J connectivity index is 0.000000316. The van der Waals surface area contributed by atoms with Crippen LogP contribution in [0.25, 0.3) is 0 Å². The summed E-state index contributed by atoms with van der Waals surface area (Å²) in [5.41, 5.74) is 0.947. The molecule has 0 aliphatic carbocycles. The fourth-order valence-electron chi connectivity index (χ4n) is 2.69. The first kappa shape index (κ1) is 34.8. The molecule has 0 bridgehead atoms. The second-order valence-corrected chi connectivity index (χ2v) is 9.59. The zero-order chi connectivity index (χ0) is 31.4. The van der Waals surface area contributed by atoms with Crippen LogP contribution < -0.4 is 4.74 Å². The second kappa shape index (κ2) is 16.2. The maximum absolute atomic E-state index is 11.6. The van der Waals surface area contributed by atoms with E-state index < -0.39 is 18.5 Å². The Labute approximate surface area is 250 Å². The van der Waals surface area contributed by atoms with Crippen LogP contribution in [0, 0.1) is 0 Å². The number of phenols is 2. The molecule has 41 heavy (non-hydrogen) atoms. The van der Waals surface area contributed by atoms with Gasteiger partial charge in [-0.2, -0.15) is 0 Å². The van der Waals surface area contributed by atoms with E-state index in [2.05, 4.69) is 0 Å². The van der Waals surface area contributed by atoms with Crippen LogP contribution in [0.5, 0.6) is 17.2 Å². The number of amides is 2. The molecule has 2 amide bonds. The molecule has 3 aromatic rings. The van der Waals surface area contributed by atoms with Crippen LogP contribution >= 0.6 is 34.8 Å². The number of nitrogens with zero attached hydrogens (tertiary/aromatic N) is 2. The third-order valence-electron chi connectivity index (χ3n) is 4.73. The Kier molecular flexibility index (Phi) is 13.7. The fraction of sp³-hybridized carbons (Fsp3) is 0.185. The van der Waals surface area contributed by atoms with E-state index in [1.807, 2.05) is 0 Å². The van der Waals surface area contributed by atoms with E-state index in [4.69, 9.17) is 60.0 Å². The van der Waals surface area contributed by atoms with Crippen molar-refractivity contribution in [3.8, 4) is 17.2 Å². The number of halogens is 3. The average molecular weight is 630 g/mol. The van der Waals surface area contributed by atoms with E-state index >= 15 is 0 Å². The highest BCUT2D eigenvalue weighted by atomic mass is 35.5. The quantitative estimate of drug-likeness (QED) is 0.294. The first-order valence-corrected chi connectivity index (χ1v) is 12.5. The van der Waals surface area contributed by atoms with Crippen LogP contribution in [0.3, 0.4) is 0 Å². The molecular formula is C27H27Cl3N2O9. The number of hydrogen-bond donors (Lipinski definition) is 4. The van der Waals surface area contributed by atoms with E-state index in [0.29, 0.717) is 11.1 Å². The molecule has 0 radical (unpaired) electrons. The number of hydrogen-bond acceptors (Lipinski definition) is 7. The Morgan fingerprint density at radius 1 is 0.659 bits per heavy atom. The number of aliphatic carboxylic acids is 1. The molecule has 0 aliphatic heterocycles. The first-order chi connectivity index (χ1) is 19.0. The number of phenolic OH excluding ortho intramolecular Hbond substituents is 2. The van der Waals surface area contributed by atoms with Crippen LogP contribution in [0.1, 0.15) is 31.1 Å². The number of aromatic carboxylic acids is 1. The van der Waals surface area contributed by atoms with Gasteiger partial charge in [-0.15, -0.1) is 0 Å². The summed E-state index contributed by atoms with van der Waals surface area (Å²) in [5.74, 6) is -2.36. The molecule has 0 atom stereocenters. The molecule has 3 rings (SSSR count). The number of carboxylic acids is 2. The normalized spacial score (nSPS) is 9.73. The highest BCUT2D eigenvalue weighted by molar-refractivity contribution is 6.33. The van der Waals surface area contributed by atoms with Crippen LogP contribution in [-0.4, -0.2) is 88.8 Å². The molecule has 0 heterocycles. The predicted octanol–water partition coefficient (Wildman–Crippen LogP) is 5.00. The standard InChI is InChI=1S/C11H12ClNO4.C9H10ClNO2.C7H5ClO3/c1-13(2)11(16)7-3-4-9(8(12)5-7)17-6-10(14)15;1-11(2)9(13)6-3-4-8(12)7(10)5-6;8-5-3-4(7(10)11)1-2-6(5)9/h3-5H,6H2,1-2H3,(H,14,15);3-5,12H,1-2H3;1-3,9H,(H,10,11). The van der Waals surface area contributed by atoms with Crippen molar-refractivity contribution in [1.29, 1.82) is 0 Å². The van der Waals surface area contributed by atoms with Gasteiger partial charge in [0, 0.05) is 39.3 Å². The lowest BCUT2D eigenvalue weighted by molar-refractivity contribution is -0.139. The minimum absolute atomic E-state index is 0.0167. The predicted molar refractivity (Wildman–Crippen MR) is 154 cm³/mol. The summed E-state index contributed by atoms with van der Waals surface area (Å²) in [5, 5.41) is 35.4. The highest BCUT2D eigenvalue weighted by Gasteiger charge is 2.12. The molecule has 11 nitrogen and oxygen atoms in total. The Morgan fingerprint density at radius 3 is 1.41 bits per heavy atom. The smallest absolute Gasteiger partial charge is 0.341 e. The van der Waals surface area contributed by atoms with E-state index in [1.165, 1.54) is 64.4 Å². The van der Waals surface area contributed by atoms with Gasteiger partial charge in [-0.25, -0.2) is 9.59 Å². The summed E-state index contributed by atoms with van der Waals surface area (Å²) in [6.45, 7) is -0.472. The molecular weight excluding hydrogens is 603 g/mol. The average Bonchev–Trinajstić information content (AvgIpc) is 2.90. The van der Waals surface area contributed by atoms with Crippen molar-refractivity contribution in [2.24, 2.45) is 0 Å². The van der Waals surface area contributed by atoms with Gasteiger partial charge in [0.15, 0.2) is 6.61 Å². The van der Waals surface area contributed by atoms with Gasteiger partial charge in [0.1, 0.15) is 17.2 Å². The molecule has 0 spiro atoms. The lowest BCUT2D eigenvalue weighted by atomic mass is 10.2. The highest BCUT2D eigenvalue weighted by Crippen LogP contribution is 2.26. The van der Waals surface area contributed by atoms with E-state index in [-0.39, 0.29) is 49.7 Å². The SMILES string of the molecule is CN(C)C(=O)c1ccc(O)c(Cl)c1.CN(C)C(=O)c1ccc(OCC(=O)O)c(Cl)c1.O=C(O)c1ccc(O)c(Cl)c1. The van der Waals surface area contributed by atoms with Crippen molar-refractivity contribution in [2.45, 2.75) is 0 Å². The molecule has 220 valence electrons. The van der Waals surface area contributed by atoms with Gasteiger partial charge in [0.05, 0.1) is 20.6 Å². The van der Waals surface area contributed by atoms with Gasteiger partial charge < -0.3 is 35.0 Å².